The lowest BCUT2D eigenvalue weighted by molar-refractivity contribution is -0.138. The molecule has 2 bridgehead atoms. The SMILES string of the molecule is CC1OC(C)C(C(=O)N2CCC3CCC(C2)N3)C1C. The van der Waals surface area contributed by atoms with Crippen molar-refractivity contribution in [3.8, 4) is 0 Å². The third kappa shape index (κ3) is 2.40. The molecule has 3 heterocycles. The van der Waals surface area contributed by atoms with E-state index in [4.69, 9.17) is 4.74 Å². The van der Waals surface area contributed by atoms with Crippen LogP contribution in [0.5, 0.6) is 0 Å². The van der Waals surface area contributed by atoms with E-state index >= 15 is 0 Å². The van der Waals surface area contributed by atoms with Gasteiger partial charge in [-0.2, -0.15) is 0 Å². The molecule has 0 saturated carbocycles. The summed E-state index contributed by atoms with van der Waals surface area (Å²) in [5.41, 5.74) is 0. The van der Waals surface area contributed by atoms with Gasteiger partial charge in [0.2, 0.25) is 5.91 Å². The predicted octanol–water partition coefficient (Wildman–Crippen LogP) is 1.40. The first-order valence-electron chi connectivity index (χ1n) is 7.76. The number of nitrogens with one attached hydrogen (secondary N) is 1. The fourth-order valence-electron chi connectivity index (χ4n) is 4.05. The van der Waals surface area contributed by atoms with Gasteiger partial charge in [-0.25, -0.2) is 0 Å². The first-order chi connectivity index (χ1) is 9.06. The van der Waals surface area contributed by atoms with Crippen LogP contribution in [0, 0.1) is 11.8 Å². The van der Waals surface area contributed by atoms with Crippen LogP contribution in [0.25, 0.3) is 0 Å². The Kier molecular flexibility index (Phi) is 3.56. The predicted molar refractivity (Wildman–Crippen MR) is 73.8 cm³/mol. The topological polar surface area (TPSA) is 41.6 Å². The lowest BCUT2D eigenvalue weighted by Crippen LogP contribution is -2.45. The molecule has 0 aromatic rings. The van der Waals surface area contributed by atoms with E-state index in [1.54, 1.807) is 0 Å². The maximum Gasteiger partial charge on any atom is 0.228 e. The van der Waals surface area contributed by atoms with E-state index in [0.29, 0.717) is 23.9 Å². The first-order valence-corrected chi connectivity index (χ1v) is 7.76. The summed E-state index contributed by atoms with van der Waals surface area (Å²) in [6.45, 7) is 8.08. The number of fused-ring (bicyclic) bond motifs is 2. The molecule has 1 amide bonds. The number of likely N-dealkylation sites (tertiary alicyclic amines) is 1. The Morgan fingerprint density at radius 1 is 1.11 bits per heavy atom. The van der Waals surface area contributed by atoms with Crippen molar-refractivity contribution in [1.82, 2.24) is 10.2 Å². The van der Waals surface area contributed by atoms with Gasteiger partial charge in [0.05, 0.1) is 18.1 Å². The molecule has 0 radical (unpaired) electrons. The lowest BCUT2D eigenvalue weighted by atomic mass is 9.88. The molecular formula is C15H26N2O2. The van der Waals surface area contributed by atoms with Crippen LogP contribution in [0.4, 0.5) is 0 Å². The molecule has 3 aliphatic heterocycles. The molecule has 6 unspecified atom stereocenters. The molecule has 108 valence electrons. The van der Waals surface area contributed by atoms with Gasteiger partial charge in [0.15, 0.2) is 0 Å². The summed E-state index contributed by atoms with van der Waals surface area (Å²) in [6, 6.07) is 1.15. The smallest absolute Gasteiger partial charge is 0.228 e. The van der Waals surface area contributed by atoms with Crippen molar-refractivity contribution < 1.29 is 9.53 Å². The summed E-state index contributed by atoms with van der Waals surface area (Å²) in [5.74, 6) is 0.696. The number of rotatable bonds is 1. The number of hydrogen-bond acceptors (Lipinski definition) is 3. The quantitative estimate of drug-likeness (QED) is 0.780. The van der Waals surface area contributed by atoms with Crippen LogP contribution in [0.3, 0.4) is 0 Å². The van der Waals surface area contributed by atoms with Crippen LogP contribution in [-0.4, -0.2) is 48.2 Å². The highest BCUT2D eigenvalue weighted by molar-refractivity contribution is 5.80. The van der Waals surface area contributed by atoms with Crippen LogP contribution < -0.4 is 5.32 Å². The fraction of sp³-hybridized carbons (Fsp3) is 0.933. The van der Waals surface area contributed by atoms with Gasteiger partial charge in [0, 0.05) is 25.2 Å². The number of hydrogen-bond donors (Lipinski definition) is 1. The average Bonchev–Trinajstić information content (AvgIpc) is 2.79. The largest absolute Gasteiger partial charge is 0.374 e. The second-order valence-electron chi connectivity index (χ2n) is 6.64. The van der Waals surface area contributed by atoms with Gasteiger partial charge in [-0.15, -0.1) is 0 Å². The van der Waals surface area contributed by atoms with E-state index in [-0.39, 0.29) is 18.1 Å². The summed E-state index contributed by atoms with van der Waals surface area (Å²) in [4.78, 5) is 14.9. The molecule has 3 fully saturated rings. The Morgan fingerprint density at radius 3 is 2.53 bits per heavy atom. The van der Waals surface area contributed by atoms with E-state index in [1.165, 1.54) is 12.8 Å². The van der Waals surface area contributed by atoms with E-state index in [9.17, 15) is 4.79 Å². The minimum atomic E-state index is 0.0478. The van der Waals surface area contributed by atoms with Crippen molar-refractivity contribution >= 4 is 5.91 Å². The molecule has 6 atom stereocenters. The maximum absolute atomic E-state index is 12.8. The normalized spacial score (nSPS) is 46.4. The summed E-state index contributed by atoms with van der Waals surface area (Å²) in [5, 5.41) is 3.63. The number of nitrogens with zero attached hydrogens (tertiary/aromatic N) is 1. The lowest BCUT2D eigenvalue weighted by Gasteiger charge is -2.29. The van der Waals surface area contributed by atoms with E-state index in [0.717, 1.165) is 19.5 Å². The number of carbonyl (C=O) groups is 1. The summed E-state index contributed by atoms with van der Waals surface area (Å²) in [6.07, 6.45) is 3.87. The number of ether oxygens (including phenoxy) is 1. The molecule has 4 nitrogen and oxygen atoms in total. The minimum absolute atomic E-state index is 0.0478. The molecule has 0 spiro atoms. The standard InChI is InChI=1S/C15H26N2O2/c1-9-10(2)19-11(3)14(9)15(18)17-7-6-12-4-5-13(8-17)16-12/h9-14,16H,4-8H2,1-3H3. The first kappa shape index (κ1) is 13.4. The average molecular weight is 266 g/mol. The Labute approximate surface area is 115 Å². The Bertz CT molecular complexity index is 360. The molecule has 4 heteroatoms. The zero-order valence-corrected chi connectivity index (χ0v) is 12.3. The molecule has 3 aliphatic rings. The van der Waals surface area contributed by atoms with Crippen LogP contribution in [0.1, 0.15) is 40.0 Å². The van der Waals surface area contributed by atoms with Gasteiger partial charge in [0.1, 0.15) is 0 Å². The van der Waals surface area contributed by atoms with E-state index in [1.807, 2.05) is 6.92 Å². The van der Waals surface area contributed by atoms with Crippen LogP contribution in [0.2, 0.25) is 0 Å². The van der Waals surface area contributed by atoms with Gasteiger partial charge >= 0.3 is 0 Å². The molecule has 0 aliphatic carbocycles. The number of amides is 1. The minimum Gasteiger partial charge on any atom is -0.374 e. The second kappa shape index (κ2) is 5.06. The van der Waals surface area contributed by atoms with Gasteiger partial charge < -0.3 is 15.0 Å². The maximum atomic E-state index is 12.8. The monoisotopic (exact) mass is 266 g/mol. The third-order valence-corrected chi connectivity index (χ3v) is 5.36. The fourth-order valence-corrected chi connectivity index (χ4v) is 4.05. The van der Waals surface area contributed by atoms with Gasteiger partial charge in [-0.1, -0.05) is 6.92 Å². The highest BCUT2D eigenvalue weighted by Gasteiger charge is 2.44. The zero-order valence-electron chi connectivity index (χ0n) is 12.3. The van der Waals surface area contributed by atoms with Crippen molar-refractivity contribution in [2.24, 2.45) is 11.8 Å². The zero-order chi connectivity index (χ0) is 13.6. The van der Waals surface area contributed by atoms with Crippen LogP contribution in [-0.2, 0) is 9.53 Å². The van der Waals surface area contributed by atoms with Crippen molar-refractivity contribution in [3.63, 3.8) is 0 Å². The van der Waals surface area contributed by atoms with Gasteiger partial charge in [0.25, 0.3) is 0 Å². The van der Waals surface area contributed by atoms with Crippen molar-refractivity contribution in [1.29, 1.82) is 0 Å². The van der Waals surface area contributed by atoms with Crippen LogP contribution >= 0.6 is 0 Å². The second-order valence-corrected chi connectivity index (χ2v) is 6.64. The van der Waals surface area contributed by atoms with Gasteiger partial charge in [-0.05, 0) is 39.0 Å². The van der Waals surface area contributed by atoms with Crippen molar-refractivity contribution in [3.05, 3.63) is 0 Å². The van der Waals surface area contributed by atoms with Crippen molar-refractivity contribution in [2.75, 3.05) is 13.1 Å². The van der Waals surface area contributed by atoms with Gasteiger partial charge in [-0.3, -0.25) is 4.79 Å². The Hall–Kier alpha value is -0.610. The highest BCUT2D eigenvalue weighted by Crippen LogP contribution is 2.34. The molecular weight excluding hydrogens is 240 g/mol. The summed E-state index contributed by atoms with van der Waals surface area (Å²) < 4.78 is 5.83. The van der Waals surface area contributed by atoms with E-state index < -0.39 is 0 Å². The highest BCUT2D eigenvalue weighted by atomic mass is 16.5. The Morgan fingerprint density at radius 2 is 1.84 bits per heavy atom. The molecule has 3 rings (SSSR count). The Balaban J connectivity index is 1.69. The van der Waals surface area contributed by atoms with E-state index in [2.05, 4.69) is 24.1 Å². The molecule has 3 saturated heterocycles. The molecule has 1 N–H and O–H groups in total. The summed E-state index contributed by atoms with van der Waals surface area (Å²) in [7, 11) is 0. The third-order valence-electron chi connectivity index (χ3n) is 5.36. The molecule has 0 aromatic carbocycles. The van der Waals surface area contributed by atoms with Crippen LogP contribution in [0.15, 0.2) is 0 Å². The summed E-state index contributed by atoms with van der Waals surface area (Å²) >= 11 is 0. The molecule has 0 aromatic heterocycles. The molecule has 19 heavy (non-hydrogen) atoms. The number of carbonyl (C=O) groups excluding carboxylic acids is 1. The van der Waals surface area contributed by atoms with Crippen molar-refractivity contribution in [2.45, 2.75) is 64.3 Å².